The van der Waals surface area contributed by atoms with Crippen LogP contribution < -0.4 is 26.2 Å². The zero-order valence-electron chi connectivity index (χ0n) is 22.7. The Hall–Kier alpha value is -3.13. The highest BCUT2D eigenvalue weighted by molar-refractivity contribution is 5.74. The van der Waals surface area contributed by atoms with Crippen molar-refractivity contribution in [1.82, 2.24) is 15.2 Å². The molecule has 0 aliphatic carbocycles. The molecule has 1 aliphatic heterocycles. The van der Waals surface area contributed by atoms with Gasteiger partial charge >= 0.3 is 0 Å². The van der Waals surface area contributed by atoms with Crippen LogP contribution in [-0.2, 0) is 0 Å². The molecule has 0 spiro atoms. The summed E-state index contributed by atoms with van der Waals surface area (Å²) in [4.78, 5) is 12.0. The number of benzene rings is 2. The quantitative estimate of drug-likeness (QED) is 0.324. The molecule has 2 aromatic carbocycles. The van der Waals surface area contributed by atoms with Gasteiger partial charge in [-0.15, -0.1) is 0 Å². The van der Waals surface area contributed by atoms with E-state index in [0.29, 0.717) is 0 Å². The molecule has 0 radical (unpaired) electrons. The Labute approximate surface area is 222 Å². The van der Waals surface area contributed by atoms with Gasteiger partial charge in [0.2, 0.25) is 0 Å². The van der Waals surface area contributed by atoms with Gasteiger partial charge in [-0.25, -0.2) is 4.98 Å². The number of piperazine rings is 1. The SMILES string of the molecule is CN(CCCN)CCCNc1cc(-c2ccc(N(C)C)cc2)nc(-c2ccc(N3CCNCC3)cc2)c1. The van der Waals surface area contributed by atoms with Gasteiger partial charge in [0.1, 0.15) is 0 Å². The van der Waals surface area contributed by atoms with Crippen LogP contribution in [0.5, 0.6) is 0 Å². The van der Waals surface area contributed by atoms with Crippen LogP contribution in [0.15, 0.2) is 60.7 Å². The van der Waals surface area contributed by atoms with E-state index in [9.17, 15) is 0 Å². The van der Waals surface area contributed by atoms with Gasteiger partial charge in [-0.05, 0) is 75.9 Å². The number of hydrogen-bond acceptors (Lipinski definition) is 7. The van der Waals surface area contributed by atoms with Gasteiger partial charge in [-0.3, -0.25) is 0 Å². The summed E-state index contributed by atoms with van der Waals surface area (Å²) in [6.07, 6.45) is 2.12. The molecule has 1 aliphatic rings. The van der Waals surface area contributed by atoms with E-state index < -0.39 is 0 Å². The number of pyridine rings is 1. The van der Waals surface area contributed by atoms with Crippen LogP contribution in [0.1, 0.15) is 12.8 Å². The maximum atomic E-state index is 5.65. The monoisotopic (exact) mass is 501 g/mol. The van der Waals surface area contributed by atoms with Crippen molar-refractivity contribution in [3.8, 4) is 22.5 Å². The van der Waals surface area contributed by atoms with Crippen LogP contribution in [0.25, 0.3) is 22.5 Å². The van der Waals surface area contributed by atoms with Gasteiger partial charge in [0.05, 0.1) is 11.4 Å². The second kappa shape index (κ2) is 13.4. The summed E-state index contributed by atoms with van der Waals surface area (Å²) in [7, 11) is 6.29. The first kappa shape index (κ1) is 26.9. The summed E-state index contributed by atoms with van der Waals surface area (Å²) in [6.45, 7) is 7.93. The van der Waals surface area contributed by atoms with Gasteiger partial charge in [-0.2, -0.15) is 0 Å². The van der Waals surface area contributed by atoms with Gasteiger partial charge in [0.25, 0.3) is 0 Å². The molecule has 1 fully saturated rings. The zero-order chi connectivity index (χ0) is 26.0. The lowest BCUT2D eigenvalue weighted by molar-refractivity contribution is 0.330. The largest absolute Gasteiger partial charge is 0.385 e. The van der Waals surface area contributed by atoms with Gasteiger partial charge in [-0.1, -0.05) is 24.3 Å². The van der Waals surface area contributed by atoms with E-state index in [1.54, 1.807) is 0 Å². The molecular formula is C30H43N7. The standard InChI is InChI=1S/C30H43N7/c1-35(2)27-10-6-24(7-11-27)29-22-26(33-15-5-19-36(3)18-4-14-31)23-30(34-29)25-8-12-28(13-9-25)37-20-16-32-17-21-37/h6-13,22-23,32H,4-5,14-21,31H2,1-3H3,(H,33,34). The van der Waals surface area contributed by atoms with Crippen molar-refractivity contribution < 1.29 is 0 Å². The third-order valence-electron chi connectivity index (χ3n) is 6.94. The first-order chi connectivity index (χ1) is 18.0. The number of hydrogen-bond donors (Lipinski definition) is 3. The lowest BCUT2D eigenvalue weighted by Crippen LogP contribution is -2.43. The molecule has 37 heavy (non-hydrogen) atoms. The lowest BCUT2D eigenvalue weighted by Gasteiger charge is -2.29. The Morgan fingerprint density at radius 1 is 0.865 bits per heavy atom. The molecule has 3 aromatic rings. The van der Waals surface area contributed by atoms with Gasteiger partial charge in [0, 0.05) is 75.0 Å². The van der Waals surface area contributed by atoms with Crippen LogP contribution in [0.4, 0.5) is 17.1 Å². The smallest absolute Gasteiger partial charge is 0.0730 e. The molecule has 0 unspecified atom stereocenters. The van der Waals surface area contributed by atoms with Crippen LogP contribution in [0, 0.1) is 0 Å². The van der Waals surface area contributed by atoms with E-state index in [1.807, 2.05) is 0 Å². The fourth-order valence-corrected chi connectivity index (χ4v) is 4.68. The third kappa shape index (κ3) is 7.68. The summed E-state index contributed by atoms with van der Waals surface area (Å²) in [5.41, 5.74) is 13.4. The molecule has 7 heteroatoms. The second-order valence-corrected chi connectivity index (χ2v) is 10.1. The number of anilines is 3. The molecule has 1 saturated heterocycles. The van der Waals surface area contributed by atoms with Crippen LogP contribution in [0.2, 0.25) is 0 Å². The number of aromatic nitrogens is 1. The Balaban J connectivity index is 1.53. The highest BCUT2D eigenvalue weighted by Crippen LogP contribution is 2.29. The molecule has 1 aromatic heterocycles. The zero-order valence-corrected chi connectivity index (χ0v) is 22.7. The topological polar surface area (TPSA) is 72.7 Å². The summed E-state index contributed by atoms with van der Waals surface area (Å²) in [6, 6.07) is 21.8. The number of rotatable bonds is 12. The average Bonchev–Trinajstić information content (AvgIpc) is 2.94. The minimum absolute atomic E-state index is 0.747. The van der Waals surface area contributed by atoms with E-state index in [2.05, 4.69) is 107 Å². The molecule has 4 rings (SSSR count). The first-order valence-corrected chi connectivity index (χ1v) is 13.5. The van der Waals surface area contributed by atoms with E-state index in [4.69, 9.17) is 10.7 Å². The maximum Gasteiger partial charge on any atom is 0.0730 e. The van der Waals surface area contributed by atoms with Crippen molar-refractivity contribution in [2.75, 3.05) is 88.6 Å². The van der Waals surface area contributed by atoms with Crippen molar-refractivity contribution >= 4 is 17.1 Å². The Kier molecular flexibility index (Phi) is 9.77. The average molecular weight is 502 g/mol. The minimum Gasteiger partial charge on any atom is -0.385 e. The van der Waals surface area contributed by atoms with Gasteiger partial charge in [0.15, 0.2) is 0 Å². The van der Waals surface area contributed by atoms with Gasteiger partial charge < -0.3 is 31.1 Å². The van der Waals surface area contributed by atoms with E-state index >= 15 is 0 Å². The van der Waals surface area contributed by atoms with Crippen LogP contribution in [0.3, 0.4) is 0 Å². The molecule has 0 amide bonds. The summed E-state index contributed by atoms with van der Waals surface area (Å²) < 4.78 is 0. The molecule has 0 saturated carbocycles. The number of nitrogens with zero attached hydrogens (tertiary/aromatic N) is 4. The molecule has 4 N–H and O–H groups in total. The maximum absolute atomic E-state index is 5.65. The number of nitrogens with two attached hydrogens (primary N) is 1. The summed E-state index contributed by atoms with van der Waals surface area (Å²) in [5.74, 6) is 0. The highest BCUT2D eigenvalue weighted by Gasteiger charge is 2.12. The Bertz CT molecular complexity index is 1090. The Morgan fingerprint density at radius 2 is 1.46 bits per heavy atom. The first-order valence-electron chi connectivity index (χ1n) is 13.5. The summed E-state index contributed by atoms with van der Waals surface area (Å²) in [5, 5.41) is 7.08. The third-order valence-corrected chi connectivity index (χ3v) is 6.94. The van der Waals surface area contributed by atoms with Crippen molar-refractivity contribution in [1.29, 1.82) is 0 Å². The van der Waals surface area contributed by atoms with Crippen LogP contribution >= 0.6 is 0 Å². The van der Waals surface area contributed by atoms with E-state index in [0.717, 1.165) is 93.4 Å². The molecule has 2 heterocycles. The highest BCUT2D eigenvalue weighted by atomic mass is 15.2. The molecule has 7 nitrogen and oxygen atoms in total. The fourth-order valence-electron chi connectivity index (χ4n) is 4.68. The van der Waals surface area contributed by atoms with Crippen molar-refractivity contribution in [2.24, 2.45) is 5.73 Å². The Morgan fingerprint density at radius 3 is 2.05 bits per heavy atom. The van der Waals surface area contributed by atoms with Crippen molar-refractivity contribution in [3.63, 3.8) is 0 Å². The normalized spacial score (nSPS) is 13.7. The molecule has 0 bridgehead atoms. The summed E-state index contributed by atoms with van der Waals surface area (Å²) >= 11 is 0. The molecule has 0 atom stereocenters. The molecular weight excluding hydrogens is 458 g/mol. The minimum atomic E-state index is 0.747. The second-order valence-electron chi connectivity index (χ2n) is 10.1. The predicted molar refractivity (Wildman–Crippen MR) is 159 cm³/mol. The van der Waals surface area contributed by atoms with Crippen molar-refractivity contribution in [3.05, 3.63) is 60.7 Å². The van der Waals surface area contributed by atoms with Crippen LogP contribution in [-0.4, -0.2) is 83.4 Å². The van der Waals surface area contributed by atoms with E-state index in [1.165, 1.54) is 11.4 Å². The lowest BCUT2D eigenvalue weighted by atomic mass is 10.1. The fraction of sp³-hybridized carbons (Fsp3) is 0.433. The predicted octanol–water partition coefficient (Wildman–Crippen LogP) is 3.97. The van der Waals surface area contributed by atoms with E-state index in [-0.39, 0.29) is 0 Å². The molecule has 198 valence electrons. The van der Waals surface area contributed by atoms with Crippen molar-refractivity contribution in [2.45, 2.75) is 12.8 Å². The number of nitrogens with one attached hydrogen (secondary N) is 2.